The standard InChI is InChI=1S/C29H26ClF3N8O3/c1-3-22(42)40-6-8-41(9-7-40)25-15-4-5-35-29(44-26-17-12-36-38-20(17)10-19(31)23(26)30)24(15)37-28(16(25)11-34)43-21-14-39(2)13-18(21)27(32)33/h3-5,10,12,18,21,27H,1,6-9,13-14H2,2H3,(H,36,38)/t18-,21-/m1/s1. The molecule has 11 nitrogen and oxygen atoms in total. The average Bonchev–Trinajstić information content (AvgIpc) is 3.64. The summed E-state index contributed by atoms with van der Waals surface area (Å²) in [5, 5.41) is 17.5. The number of benzene rings is 1. The van der Waals surface area contributed by atoms with E-state index >= 15 is 0 Å². The van der Waals surface area contributed by atoms with Gasteiger partial charge in [0.05, 0.1) is 28.7 Å². The number of hydrogen-bond donors (Lipinski definition) is 1. The lowest BCUT2D eigenvalue weighted by Gasteiger charge is -2.36. The molecular weight excluding hydrogens is 601 g/mol. The Labute approximate surface area is 254 Å². The summed E-state index contributed by atoms with van der Waals surface area (Å²) in [6.07, 6.45) is 0.509. The fraction of sp³-hybridized carbons (Fsp3) is 0.345. The van der Waals surface area contributed by atoms with Crippen molar-refractivity contribution in [3.63, 3.8) is 0 Å². The van der Waals surface area contributed by atoms with Crippen LogP contribution < -0.4 is 14.4 Å². The van der Waals surface area contributed by atoms with Crippen LogP contribution >= 0.6 is 11.6 Å². The second-order valence-electron chi connectivity index (χ2n) is 10.6. The maximum atomic E-state index is 14.7. The van der Waals surface area contributed by atoms with Gasteiger partial charge in [-0.2, -0.15) is 10.4 Å². The van der Waals surface area contributed by atoms with Gasteiger partial charge in [0, 0.05) is 56.9 Å². The van der Waals surface area contributed by atoms with Crippen LogP contribution in [0.1, 0.15) is 5.56 Å². The molecule has 6 rings (SSSR count). The van der Waals surface area contributed by atoms with E-state index in [0.29, 0.717) is 48.2 Å². The number of fused-ring (bicyclic) bond motifs is 2. The van der Waals surface area contributed by atoms with Gasteiger partial charge in [0.1, 0.15) is 34.1 Å². The van der Waals surface area contributed by atoms with Gasteiger partial charge in [-0.05, 0) is 19.2 Å². The number of H-pyrrole nitrogens is 1. The van der Waals surface area contributed by atoms with E-state index in [1.54, 1.807) is 22.9 Å². The number of aromatic nitrogens is 4. The lowest BCUT2D eigenvalue weighted by atomic mass is 10.1. The molecule has 2 aliphatic rings. The second-order valence-corrected chi connectivity index (χ2v) is 11.0. The number of carbonyl (C=O) groups excluding carboxylic acids is 1. The minimum Gasteiger partial charge on any atom is -0.471 e. The van der Waals surface area contributed by atoms with Crippen molar-refractivity contribution in [3.8, 4) is 23.6 Å². The average molecular weight is 627 g/mol. The number of likely N-dealkylation sites (N-methyl/N-ethyl adjacent to an activating group) is 1. The summed E-state index contributed by atoms with van der Waals surface area (Å²) >= 11 is 6.31. The summed E-state index contributed by atoms with van der Waals surface area (Å²) in [4.78, 5) is 26.4. The number of nitrogens with zero attached hydrogens (tertiary/aromatic N) is 7. The third-order valence-corrected chi connectivity index (χ3v) is 8.23. The Bertz CT molecular complexity index is 1800. The van der Waals surface area contributed by atoms with E-state index in [0.717, 1.165) is 0 Å². The van der Waals surface area contributed by atoms with Gasteiger partial charge in [-0.3, -0.25) is 9.89 Å². The first-order valence-corrected chi connectivity index (χ1v) is 14.1. The number of pyridine rings is 2. The zero-order valence-electron chi connectivity index (χ0n) is 23.4. The third kappa shape index (κ3) is 5.22. The molecule has 0 saturated carbocycles. The topological polar surface area (TPSA) is 124 Å². The van der Waals surface area contributed by atoms with E-state index in [4.69, 9.17) is 21.1 Å². The molecule has 0 radical (unpaired) electrons. The number of halogens is 4. The highest BCUT2D eigenvalue weighted by Crippen LogP contribution is 2.43. The number of ether oxygens (including phenoxy) is 2. The van der Waals surface area contributed by atoms with Crippen LogP contribution in [0.5, 0.6) is 17.5 Å². The third-order valence-electron chi connectivity index (χ3n) is 7.87. The van der Waals surface area contributed by atoms with Gasteiger partial charge in [0.2, 0.25) is 24.1 Å². The fourth-order valence-corrected chi connectivity index (χ4v) is 5.90. The molecule has 1 aromatic carbocycles. The zero-order chi connectivity index (χ0) is 31.1. The van der Waals surface area contributed by atoms with Crippen molar-refractivity contribution in [2.24, 2.45) is 5.92 Å². The molecule has 1 N–H and O–H groups in total. The number of alkyl halides is 2. The predicted molar refractivity (Wildman–Crippen MR) is 156 cm³/mol. The molecule has 0 unspecified atom stereocenters. The highest BCUT2D eigenvalue weighted by molar-refractivity contribution is 6.33. The summed E-state index contributed by atoms with van der Waals surface area (Å²) in [7, 11) is 1.71. The molecule has 2 atom stereocenters. The summed E-state index contributed by atoms with van der Waals surface area (Å²) in [5.74, 6) is -2.37. The zero-order valence-corrected chi connectivity index (χ0v) is 24.2. The number of anilines is 1. The van der Waals surface area contributed by atoms with E-state index in [-0.39, 0.29) is 52.6 Å². The number of aromatic amines is 1. The molecule has 4 aromatic rings. The van der Waals surface area contributed by atoms with Gasteiger partial charge < -0.3 is 24.2 Å². The first-order chi connectivity index (χ1) is 21.2. The maximum absolute atomic E-state index is 14.7. The Balaban J connectivity index is 1.50. The molecule has 228 valence electrons. The largest absolute Gasteiger partial charge is 0.471 e. The monoisotopic (exact) mass is 626 g/mol. The normalized spacial score (nSPS) is 19.1. The Morgan fingerprint density at radius 2 is 2.02 bits per heavy atom. The van der Waals surface area contributed by atoms with Crippen molar-refractivity contribution in [3.05, 3.63) is 53.6 Å². The van der Waals surface area contributed by atoms with Crippen LogP contribution in [0.2, 0.25) is 5.02 Å². The van der Waals surface area contributed by atoms with Crippen LogP contribution in [0.15, 0.2) is 37.2 Å². The molecule has 0 spiro atoms. The van der Waals surface area contributed by atoms with E-state index in [2.05, 4.69) is 32.8 Å². The number of hydrogen-bond acceptors (Lipinski definition) is 9. The fourth-order valence-electron chi connectivity index (χ4n) is 5.70. The first kappa shape index (κ1) is 29.5. The molecular formula is C29H26ClF3N8O3. The molecule has 3 aromatic heterocycles. The summed E-state index contributed by atoms with van der Waals surface area (Å²) in [6.45, 7) is 5.26. The van der Waals surface area contributed by atoms with Gasteiger partial charge in [0.25, 0.3) is 0 Å². The highest BCUT2D eigenvalue weighted by Gasteiger charge is 2.40. The molecule has 44 heavy (non-hydrogen) atoms. The van der Waals surface area contributed by atoms with Gasteiger partial charge >= 0.3 is 0 Å². The van der Waals surface area contributed by atoms with Crippen LogP contribution in [0.25, 0.3) is 21.8 Å². The van der Waals surface area contributed by atoms with E-state index in [1.807, 2.05) is 4.90 Å². The van der Waals surface area contributed by atoms with E-state index in [9.17, 15) is 23.2 Å². The number of amides is 1. The number of nitrogens with one attached hydrogen (secondary N) is 1. The van der Waals surface area contributed by atoms with Crippen LogP contribution in [-0.4, -0.2) is 94.7 Å². The van der Waals surface area contributed by atoms with Crippen LogP contribution in [0.3, 0.4) is 0 Å². The van der Waals surface area contributed by atoms with Gasteiger partial charge in [-0.25, -0.2) is 23.1 Å². The quantitative estimate of drug-likeness (QED) is 0.298. The number of rotatable bonds is 7. The van der Waals surface area contributed by atoms with Crippen LogP contribution in [-0.2, 0) is 4.79 Å². The minimum atomic E-state index is -2.65. The lowest BCUT2D eigenvalue weighted by molar-refractivity contribution is -0.126. The molecule has 2 saturated heterocycles. The Hall–Kier alpha value is -4.61. The van der Waals surface area contributed by atoms with E-state index < -0.39 is 24.3 Å². The van der Waals surface area contributed by atoms with Gasteiger partial charge in [-0.15, -0.1) is 0 Å². The molecule has 0 aliphatic carbocycles. The summed E-state index contributed by atoms with van der Waals surface area (Å²) in [6, 6.07) is 4.99. The first-order valence-electron chi connectivity index (χ1n) is 13.7. The van der Waals surface area contributed by atoms with Crippen molar-refractivity contribution in [1.29, 1.82) is 5.26 Å². The van der Waals surface area contributed by atoms with Crippen molar-refractivity contribution in [2.45, 2.75) is 12.5 Å². The van der Waals surface area contributed by atoms with Gasteiger partial charge in [-0.1, -0.05) is 18.2 Å². The number of likely N-dealkylation sites (tertiary alicyclic amines) is 1. The van der Waals surface area contributed by atoms with Crippen molar-refractivity contribution < 1.29 is 27.4 Å². The number of nitriles is 1. The molecule has 2 fully saturated rings. The SMILES string of the molecule is C=CC(=O)N1CCN(c2c(C#N)c(O[C@@H]3CN(C)C[C@H]3C(F)F)nc3c(Oc4c(Cl)c(F)cc5[nH]ncc45)nccc23)CC1. The lowest BCUT2D eigenvalue weighted by Crippen LogP contribution is -2.48. The van der Waals surface area contributed by atoms with Crippen molar-refractivity contribution in [2.75, 3.05) is 51.2 Å². The highest BCUT2D eigenvalue weighted by atomic mass is 35.5. The molecule has 0 bridgehead atoms. The number of carbonyl (C=O) groups is 1. The molecule has 15 heteroatoms. The van der Waals surface area contributed by atoms with E-state index in [1.165, 1.54) is 24.5 Å². The van der Waals surface area contributed by atoms with Crippen LogP contribution in [0.4, 0.5) is 18.9 Å². The second kappa shape index (κ2) is 11.8. The predicted octanol–water partition coefficient (Wildman–Crippen LogP) is 4.37. The smallest absolute Gasteiger partial charge is 0.246 e. The Morgan fingerprint density at radius 1 is 1.25 bits per heavy atom. The summed E-state index contributed by atoms with van der Waals surface area (Å²) < 4.78 is 54.8. The summed E-state index contributed by atoms with van der Waals surface area (Å²) in [5.41, 5.74) is 0.936. The maximum Gasteiger partial charge on any atom is 0.246 e. The molecule has 1 amide bonds. The Kier molecular flexibility index (Phi) is 7.91. The molecule has 2 aliphatic heterocycles. The minimum absolute atomic E-state index is 0.0433. The molecule has 5 heterocycles. The Morgan fingerprint density at radius 3 is 2.73 bits per heavy atom. The van der Waals surface area contributed by atoms with Crippen molar-refractivity contribution in [1.82, 2.24) is 30.0 Å². The van der Waals surface area contributed by atoms with Crippen LogP contribution in [0, 0.1) is 23.1 Å². The number of piperazine rings is 1. The van der Waals surface area contributed by atoms with Crippen molar-refractivity contribution >= 4 is 45.0 Å². The van der Waals surface area contributed by atoms with Gasteiger partial charge in [0.15, 0.2) is 5.75 Å².